The summed E-state index contributed by atoms with van der Waals surface area (Å²) >= 11 is 5.88. The number of rotatable bonds is 2. The Morgan fingerprint density at radius 3 is 2.64 bits per heavy atom. The molecule has 1 atom stereocenters. The summed E-state index contributed by atoms with van der Waals surface area (Å²) in [4.78, 5) is 11.0. The largest absolute Gasteiger partial charge is 0.298 e. The van der Waals surface area contributed by atoms with Gasteiger partial charge in [-0.1, -0.05) is 6.07 Å². The number of carbonyl (C=O) groups excluding carboxylic acids is 1. The van der Waals surface area contributed by atoms with Crippen molar-refractivity contribution in [3.8, 4) is 6.07 Å². The first-order valence-corrected chi connectivity index (χ1v) is 4.64. The third-order valence-electron chi connectivity index (χ3n) is 1.88. The van der Waals surface area contributed by atoms with Crippen molar-refractivity contribution in [2.75, 3.05) is 0 Å². The van der Waals surface area contributed by atoms with Crippen LogP contribution in [-0.4, -0.2) is 5.78 Å². The van der Waals surface area contributed by atoms with Gasteiger partial charge < -0.3 is 0 Å². The molecule has 0 saturated carbocycles. The number of nitriles is 1. The molecule has 0 amide bonds. The Morgan fingerprint density at radius 1 is 1.50 bits per heavy atom. The van der Waals surface area contributed by atoms with Crippen molar-refractivity contribution in [1.29, 1.82) is 5.26 Å². The quantitative estimate of drug-likeness (QED) is 0.700. The van der Waals surface area contributed by atoms with Crippen LogP contribution in [0, 0.1) is 18.3 Å². The van der Waals surface area contributed by atoms with Crippen molar-refractivity contribution < 1.29 is 4.79 Å². The molecule has 0 aliphatic carbocycles. The van der Waals surface area contributed by atoms with Gasteiger partial charge in [0, 0.05) is 0 Å². The maximum absolute atomic E-state index is 11.0. The molecule has 3 heteroatoms. The molecule has 0 fully saturated rings. The Morgan fingerprint density at radius 2 is 2.14 bits per heavy atom. The van der Waals surface area contributed by atoms with E-state index >= 15 is 0 Å². The smallest absolute Gasteiger partial charge is 0.152 e. The van der Waals surface area contributed by atoms with Crippen molar-refractivity contribution >= 4 is 17.4 Å². The minimum absolute atomic E-state index is 0.110. The fraction of sp³-hybridized carbons (Fsp3) is 0.273. The Balaban J connectivity index is 3.17. The van der Waals surface area contributed by atoms with Crippen LogP contribution in [0.5, 0.6) is 0 Å². The molecule has 0 aromatic heterocycles. The maximum atomic E-state index is 11.0. The average molecular weight is 208 g/mol. The zero-order chi connectivity index (χ0) is 10.7. The second-order valence-electron chi connectivity index (χ2n) is 3.22. The highest BCUT2D eigenvalue weighted by molar-refractivity contribution is 6.30. The monoisotopic (exact) mass is 207 g/mol. The molecule has 0 bridgehead atoms. The minimum atomic E-state index is -0.651. The predicted octanol–water partition coefficient (Wildman–Crippen LogP) is 2.74. The van der Waals surface area contributed by atoms with Gasteiger partial charge in [0.25, 0.3) is 0 Å². The molecule has 0 spiro atoms. The number of aryl methyl sites for hydroxylation is 1. The van der Waals surface area contributed by atoms with Crippen LogP contribution in [-0.2, 0) is 4.79 Å². The molecule has 1 aromatic rings. The second kappa shape index (κ2) is 4.26. The molecule has 0 N–H and O–H groups in total. The van der Waals surface area contributed by atoms with Crippen LogP contribution in [0.15, 0.2) is 18.2 Å². The van der Waals surface area contributed by atoms with Gasteiger partial charge >= 0.3 is 0 Å². The molecule has 0 saturated heterocycles. The van der Waals surface area contributed by atoms with Gasteiger partial charge in [-0.15, -0.1) is 11.6 Å². The van der Waals surface area contributed by atoms with Crippen molar-refractivity contribution in [3.63, 3.8) is 0 Å². The number of nitrogens with zero attached hydrogens (tertiary/aromatic N) is 1. The Labute approximate surface area is 88.1 Å². The highest BCUT2D eigenvalue weighted by atomic mass is 35.5. The topological polar surface area (TPSA) is 40.9 Å². The van der Waals surface area contributed by atoms with Gasteiger partial charge in [-0.2, -0.15) is 5.26 Å². The molecule has 1 unspecified atom stereocenters. The predicted molar refractivity (Wildman–Crippen MR) is 55.2 cm³/mol. The number of hydrogen-bond acceptors (Lipinski definition) is 2. The number of hydrogen-bond donors (Lipinski definition) is 0. The lowest BCUT2D eigenvalue weighted by Crippen LogP contribution is -2.02. The van der Waals surface area contributed by atoms with E-state index in [0.717, 1.165) is 5.56 Å². The number of alkyl halides is 1. The summed E-state index contributed by atoms with van der Waals surface area (Å²) in [7, 11) is 0. The molecule has 72 valence electrons. The Bertz CT molecular complexity index is 406. The fourth-order valence-corrected chi connectivity index (χ4v) is 1.38. The first-order chi connectivity index (χ1) is 6.54. The van der Waals surface area contributed by atoms with E-state index in [9.17, 15) is 4.79 Å². The number of benzene rings is 1. The van der Waals surface area contributed by atoms with Gasteiger partial charge in [-0.25, -0.2) is 0 Å². The second-order valence-corrected chi connectivity index (χ2v) is 3.65. The van der Waals surface area contributed by atoms with Gasteiger partial charge in [0.05, 0.1) is 11.6 Å². The number of halogens is 1. The third-order valence-corrected chi connectivity index (χ3v) is 2.44. The normalized spacial score (nSPS) is 11.9. The van der Waals surface area contributed by atoms with Crippen LogP contribution in [0.2, 0.25) is 0 Å². The van der Waals surface area contributed by atoms with E-state index in [-0.39, 0.29) is 5.78 Å². The van der Waals surface area contributed by atoms with E-state index in [0.29, 0.717) is 11.1 Å². The number of Topliss-reactive ketones (excluding diaryl/α,β-unsaturated/α-hetero) is 1. The molecule has 14 heavy (non-hydrogen) atoms. The molecule has 0 aliphatic rings. The third kappa shape index (κ3) is 2.34. The minimum Gasteiger partial charge on any atom is -0.298 e. The summed E-state index contributed by atoms with van der Waals surface area (Å²) in [6.45, 7) is 3.31. The summed E-state index contributed by atoms with van der Waals surface area (Å²) in [5, 5.41) is 8.08. The van der Waals surface area contributed by atoms with E-state index < -0.39 is 5.38 Å². The van der Waals surface area contributed by atoms with Crippen molar-refractivity contribution in [2.24, 2.45) is 0 Å². The van der Waals surface area contributed by atoms with E-state index in [2.05, 4.69) is 0 Å². The standard InChI is InChI=1S/C11H10ClNO/c1-7-3-9(6-13)5-10(4-7)11(12)8(2)14/h3-5,11H,1-2H3. The maximum Gasteiger partial charge on any atom is 0.152 e. The summed E-state index contributed by atoms with van der Waals surface area (Å²) in [5.74, 6) is -0.110. The van der Waals surface area contributed by atoms with Crippen molar-refractivity contribution in [1.82, 2.24) is 0 Å². The summed E-state index contributed by atoms with van der Waals surface area (Å²) < 4.78 is 0. The molecule has 1 aromatic carbocycles. The molecule has 1 rings (SSSR count). The van der Waals surface area contributed by atoms with E-state index in [1.54, 1.807) is 12.1 Å². The van der Waals surface area contributed by atoms with Crippen LogP contribution in [0.25, 0.3) is 0 Å². The van der Waals surface area contributed by atoms with Crippen LogP contribution in [0.4, 0.5) is 0 Å². The summed E-state index contributed by atoms with van der Waals surface area (Å²) in [5.41, 5.74) is 2.16. The Hall–Kier alpha value is -1.33. The highest BCUT2D eigenvalue weighted by Gasteiger charge is 2.13. The molecular formula is C11H10ClNO. The highest BCUT2D eigenvalue weighted by Crippen LogP contribution is 2.23. The molecule has 0 heterocycles. The van der Waals surface area contributed by atoms with E-state index in [1.165, 1.54) is 6.92 Å². The van der Waals surface area contributed by atoms with E-state index in [1.807, 2.05) is 19.1 Å². The average Bonchev–Trinajstić information content (AvgIpc) is 2.15. The van der Waals surface area contributed by atoms with Crippen LogP contribution in [0.1, 0.15) is 29.0 Å². The summed E-state index contributed by atoms with van der Waals surface area (Å²) in [6, 6.07) is 7.25. The van der Waals surface area contributed by atoms with Crippen molar-refractivity contribution in [3.05, 3.63) is 34.9 Å². The first-order valence-electron chi connectivity index (χ1n) is 4.21. The first kappa shape index (κ1) is 10.7. The lowest BCUT2D eigenvalue weighted by atomic mass is 10.0. The molecular weight excluding hydrogens is 198 g/mol. The van der Waals surface area contributed by atoms with Gasteiger partial charge in [-0.05, 0) is 37.1 Å². The van der Waals surface area contributed by atoms with Gasteiger partial charge in [0.15, 0.2) is 5.78 Å². The zero-order valence-electron chi connectivity index (χ0n) is 8.04. The van der Waals surface area contributed by atoms with E-state index in [4.69, 9.17) is 16.9 Å². The van der Waals surface area contributed by atoms with Gasteiger partial charge in [0.2, 0.25) is 0 Å². The lowest BCUT2D eigenvalue weighted by Gasteiger charge is -2.07. The zero-order valence-corrected chi connectivity index (χ0v) is 8.80. The Kier molecular flexibility index (Phi) is 3.27. The number of carbonyl (C=O) groups is 1. The fourth-order valence-electron chi connectivity index (χ4n) is 1.26. The van der Waals surface area contributed by atoms with Gasteiger partial charge in [-0.3, -0.25) is 4.79 Å². The molecule has 0 aliphatic heterocycles. The molecule has 2 nitrogen and oxygen atoms in total. The van der Waals surface area contributed by atoms with Gasteiger partial charge in [0.1, 0.15) is 5.38 Å². The molecule has 0 radical (unpaired) electrons. The summed E-state index contributed by atoms with van der Waals surface area (Å²) in [6.07, 6.45) is 0. The van der Waals surface area contributed by atoms with Crippen LogP contribution >= 0.6 is 11.6 Å². The number of ketones is 1. The van der Waals surface area contributed by atoms with Crippen LogP contribution < -0.4 is 0 Å². The van der Waals surface area contributed by atoms with Crippen molar-refractivity contribution in [2.45, 2.75) is 19.2 Å². The lowest BCUT2D eigenvalue weighted by molar-refractivity contribution is -0.116. The SMILES string of the molecule is CC(=O)C(Cl)c1cc(C)cc(C#N)c1. The van der Waals surface area contributed by atoms with Crippen LogP contribution in [0.3, 0.4) is 0 Å².